The molecular weight excluding hydrogens is 521 g/mol. The van der Waals surface area contributed by atoms with Gasteiger partial charge in [0.1, 0.15) is 5.82 Å². The Labute approximate surface area is 202 Å². The van der Waals surface area contributed by atoms with Gasteiger partial charge in [0, 0.05) is 16.3 Å². The van der Waals surface area contributed by atoms with Gasteiger partial charge in [0.2, 0.25) is 0 Å². The van der Waals surface area contributed by atoms with E-state index in [1.54, 1.807) is 6.07 Å². The van der Waals surface area contributed by atoms with Crippen LogP contribution in [0.2, 0.25) is 5.02 Å². The number of hydrogen-bond acceptors (Lipinski definition) is 3. The zero-order valence-electron chi connectivity index (χ0n) is 17.2. The zero-order valence-corrected chi connectivity index (χ0v) is 18.8. The van der Waals surface area contributed by atoms with Crippen molar-refractivity contribution in [2.24, 2.45) is 0 Å². The van der Waals surface area contributed by atoms with Crippen LogP contribution in [0.25, 0.3) is 16.6 Å². The number of nitrogens with zero attached hydrogens (tertiary/aromatic N) is 2. The van der Waals surface area contributed by atoms with Crippen molar-refractivity contribution < 1.29 is 30.7 Å². The highest BCUT2D eigenvalue weighted by atomic mass is 35.5. The lowest BCUT2D eigenvalue weighted by atomic mass is 10.1. The van der Waals surface area contributed by atoms with Crippen molar-refractivity contribution in [3.63, 3.8) is 0 Å². The summed E-state index contributed by atoms with van der Waals surface area (Å²) in [5, 5.41) is -0.196. The molecule has 4 aromatic rings. The standard InChI is InChI=1S/C23H12ClF7N2OS/c24-17-5-3-6-18(25)16(17)11-35-21-32-19-7-2-1-4-15(19)20(34)33(21)14-9-12(22(26,27)28)8-13(10-14)23(29,30)31/h1-10H,11H2. The number of halogens is 8. The molecule has 0 saturated heterocycles. The normalized spacial score (nSPS) is 12.3. The third kappa shape index (κ3) is 5.15. The first-order valence-electron chi connectivity index (χ1n) is 9.73. The number of benzene rings is 3. The summed E-state index contributed by atoms with van der Waals surface area (Å²) in [4.78, 5) is 17.5. The second-order valence-corrected chi connectivity index (χ2v) is 8.65. The van der Waals surface area contributed by atoms with Crippen LogP contribution in [-0.4, -0.2) is 9.55 Å². The summed E-state index contributed by atoms with van der Waals surface area (Å²) in [6.07, 6.45) is -10.2. The fraction of sp³-hybridized carbons (Fsp3) is 0.130. The first-order valence-corrected chi connectivity index (χ1v) is 11.1. The molecule has 1 heterocycles. The second kappa shape index (κ2) is 9.19. The van der Waals surface area contributed by atoms with Gasteiger partial charge in [0.05, 0.1) is 27.7 Å². The molecule has 1 aromatic heterocycles. The molecule has 0 bridgehead atoms. The summed E-state index contributed by atoms with van der Waals surface area (Å²) < 4.78 is 95.5. The van der Waals surface area contributed by atoms with Crippen LogP contribution in [0, 0.1) is 5.82 Å². The molecule has 35 heavy (non-hydrogen) atoms. The quantitative estimate of drug-likeness (QED) is 0.155. The van der Waals surface area contributed by atoms with Gasteiger partial charge in [0.15, 0.2) is 5.16 Å². The third-order valence-electron chi connectivity index (χ3n) is 4.98. The van der Waals surface area contributed by atoms with Crippen molar-refractivity contribution in [2.75, 3.05) is 0 Å². The van der Waals surface area contributed by atoms with E-state index in [-0.39, 0.29) is 38.5 Å². The second-order valence-electron chi connectivity index (χ2n) is 7.31. The predicted molar refractivity (Wildman–Crippen MR) is 118 cm³/mol. The molecule has 182 valence electrons. The number of thioether (sulfide) groups is 1. The van der Waals surface area contributed by atoms with Gasteiger partial charge in [-0.1, -0.05) is 41.6 Å². The first-order chi connectivity index (χ1) is 16.4. The summed E-state index contributed by atoms with van der Waals surface area (Å²) in [6, 6.07) is 10.6. The number of alkyl halides is 6. The maximum atomic E-state index is 14.2. The molecule has 0 aliphatic carbocycles. The minimum Gasteiger partial charge on any atom is -0.268 e. The van der Waals surface area contributed by atoms with Gasteiger partial charge in [0.25, 0.3) is 5.56 Å². The van der Waals surface area contributed by atoms with Gasteiger partial charge in [-0.15, -0.1) is 0 Å². The maximum absolute atomic E-state index is 14.2. The Balaban J connectivity index is 1.96. The number of aromatic nitrogens is 2. The van der Waals surface area contributed by atoms with E-state index in [1.807, 2.05) is 0 Å². The highest BCUT2D eigenvalue weighted by Crippen LogP contribution is 2.38. The average Bonchev–Trinajstić information content (AvgIpc) is 2.77. The van der Waals surface area contributed by atoms with Crippen LogP contribution in [0.5, 0.6) is 0 Å². The van der Waals surface area contributed by atoms with Crippen LogP contribution in [0.1, 0.15) is 16.7 Å². The fourth-order valence-electron chi connectivity index (χ4n) is 3.31. The lowest BCUT2D eigenvalue weighted by Crippen LogP contribution is -2.23. The van der Waals surface area contributed by atoms with E-state index in [0.717, 1.165) is 17.8 Å². The van der Waals surface area contributed by atoms with Crippen molar-refractivity contribution in [1.82, 2.24) is 9.55 Å². The molecule has 0 fully saturated rings. The monoisotopic (exact) mass is 532 g/mol. The van der Waals surface area contributed by atoms with Crippen molar-refractivity contribution in [2.45, 2.75) is 23.3 Å². The van der Waals surface area contributed by atoms with E-state index < -0.39 is 40.5 Å². The number of rotatable bonds is 4. The van der Waals surface area contributed by atoms with Crippen molar-refractivity contribution in [3.05, 3.63) is 98.5 Å². The van der Waals surface area contributed by atoms with Crippen LogP contribution < -0.4 is 5.56 Å². The molecule has 0 saturated carbocycles. The number of hydrogen-bond donors (Lipinski definition) is 0. The zero-order chi connectivity index (χ0) is 25.5. The molecule has 0 atom stereocenters. The van der Waals surface area contributed by atoms with E-state index in [4.69, 9.17) is 11.6 Å². The van der Waals surface area contributed by atoms with Crippen LogP contribution in [0.4, 0.5) is 30.7 Å². The van der Waals surface area contributed by atoms with Crippen molar-refractivity contribution >= 4 is 34.3 Å². The Hall–Kier alpha value is -3.05. The molecule has 0 N–H and O–H groups in total. The largest absolute Gasteiger partial charge is 0.416 e. The first kappa shape index (κ1) is 25.1. The molecule has 4 rings (SSSR count). The maximum Gasteiger partial charge on any atom is 0.416 e. The smallest absolute Gasteiger partial charge is 0.268 e. The van der Waals surface area contributed by atoms with E-state index in [0.29, 0.717) is 16.7 Å². The minimum atomic E-state index is -5.11. The molecule has 0 unspecified atom stereocenters. The summed E-state index contributed by atoms with van der Waals surface area (Å²) in [5.41, 5.74) is -4.54. The highest BCUT2D eigenvalue weighted by Gasteiger charge is 2.37. The molecule has 3 nitrogen and oxygen atoms in total. The van der Waals surface area contributed by atoms with Gasteiger partial charge in [-0.3, -0.25) is 9.36 Å². The van der Waals surface area contributed by atoms with Gasteiger partial charge in [-0.25, -0.2) is 9.37 Å². The topological polar surface area (TPSA) is 34.9 Å². The Kier molecular flexibility index (Phi) is 6.58. The molecular formula is C23H12ClF7N2OS. The summed E-state index contributed by atoms with van der Waals surface area (Å²) >= 11 is 6.77. The molecule has 12 heteroatoms. The van der Waals surface area contributed by atoms with E-state index in [9.17, 15) is 35.5 Å². The van der Waals surface area contributed by atoms with Gasteiger partial charge >= 0.3 is 12.4 Å². The lowest BCUT2D eigenvalue weighted by molar-refractivity contribution is -0.143. The van der Waals surface area contributed by atoms with Crippen LogP contribution in [0.3, 0.4) is 0 Å². The van der Waals surface area contributed by atoms with E-state index in [1.165, 1.54) is 30.3 Å². The minimum absolute atomic E-state index is 0.0215. The lowest BCUT2D eigenvalue weighted by Gasteiger charge is -2.18. The third-order valence-corrected chi connectivity index (χ3v) is 6.30. The van der Waals surface area contributed by atoms with E-state index in [2.05, 4.69) is 4.98 Å². The van der Waals surface area contributed by atoms with Gasteiger partial charge in [-0.2, -0.15) is 26.3 Å². The molecule has 0 aliphatic rings. The molecule has 3 aromatic carbocycles. The van der Waals surface area contributed by atoms with Gasteiger partial charge in [-0.05, 0) is 42.5 Å². The average molecular weight is 533 g/mol. The number of para-hydroxylation sites is 1. The highest BCUT2D eigenvalue weighted by molar-refractivity contribution is 7.98. The molecule has 0 spiro atoms. The van der Waals surface area contributed by atoms with Gasteiger partial charge < -0.3 is 0 Å². The van der Waals surface area contributed by atoms with Crippen LogP contribution in [-0.2, 0) is 18.1 Å². The predicted octanol–water partition coefficient (Wildman–Crippen LogP) is 7.51. The SMILES string of the molecule is O=c1c2ccccc2nc(SCc2c(F)cccc2Cl)n1-c1cc(C(F)(F)F)cc(C(F)(F)F)c1. The fourth-order valence-corrected chi connectivity index (χ4v) is 4.67. The van der Waals surface area contributed by atoms with Crippen LogP contribution in [0.15, 0.2) is 70.6 Å². The Morgan fingerprint density at radius 3 is 2.11 bits per heavy atom. The summed E-state index contributed by atoms with van der Waals surface area (Å²) in [6.45, 7) is 0. The molecule has 0 aliphatic heterocycles. The number of fused-ring (bicyclic) bond motifs is 1. The Bertz CT molecular complexity index is 1430. The van der Waals surface area contributed by atoms with E-state index >= 15 is 0 Å². The Morgan fingerprint density at radius 2 is 1.51 bits per heavy atom. The Morgan fingerprint density at radius 1 is 0.886 bits per heavy atom. The molecule has 0 radical (unpaired) electrons. The summed E-state index contributed by atoms with van der Waals surface area (Å²) in [5.74, 6) is -0.861. The molecule has 0 amide bonds. The van der Waals surface area contributed by atoms with Crippen LogP contribution >= 0.6 is 23.4 Å². The summed E-state index contributed by atoms with van der Waals surface area (Å²) in [7, 11) is 0. The van der Waals surface area contributed by atoms with Crippen molar-refractivity contribution in [1.29, 1.82) is 0 Å². The van der Waals surface area contributed by atoms with Crippen molar-refractivity contribution in [3.8, 4) is 5.69 Å².